The van der Waals surface area contributed by atoms with Gasteiger partial charge in [-0.15, -0.1) is 0 Å². The number of thioether (sulfide) groups is 1. The molecule has 218 valence electrons. The lowest BCUT2D eigenvalue weighted by atomic mass is 10.0. The lowest BCUT2D eigenvalue weighted by Crippen LogP contribution is -2.36. The molecule has 12 nitrogen and oxygen atoms in total. The molecule has 0 saturated carbocycles. The molecule has 4 amide bonds. The maximum absolute atomic E-state index is 12.0. The van der Waals surface area contributed by atoms with Crippen LogP contribution >= 0.6 is 11.8 Å². The number of hydrogen-bond donors (Lipinski definition) is 5. The Hall–Kier alpha value is -2.09. The number of urea groups is 1. The molecule has 0 aromatic rings. The lowest BCUT2D eigenvalue weighted by Gasteiger charge is -2.16. The number of carbonyl (C=O) groups excluding carboxylic acids is 3. The number of rotatable bonds is 23. The Balaban J connectivity index is 1.25. The Bertz CT molecular complexity index is 729. The van der Waals surface area contributed by atoms with Gasteiger partial charge in [-0.2, -0.15) is 11.8 Å². The van der Waals surface area contributed by atoms with E-state index in [9.17, 15) is 19.2 Å². The molecule has 2 rings (SSSR count). The molecule has 2 aliphatic rings. The molecular formula is C25H44N4O8S. The summed E-state index contributed by atoms with van der Waals surface area (Å²) < 4.78 is 16.4. The van der Waals surface area contributed by atoms with Crippen molar-refractivity contribution in [2.75, 3.05) is 58.5 Å². The van der Waals surface area contributed by atoms with Crippen LogP contribution in [0, 0.1) is 0 Å². The Morgan fingerprint density at radius 2 is 1.37 bits per heavy atom. The Kier molecular flexibility index (Phi) is 16.8. The molecule has 3 atom stereocenters. The third kappa shape index (κ3) is 14.7. The van der Waals surface area contributed by atoms with E-state index in [0.717, 1.165) is 31.4 Å². The molecule has 13 heteroatoms. The minimum absolute atomic E-state index is 0.00453. The number of carboxylic acid groups (broad SMARTS) is 1. The highest BCUT2D eigenvalue weighted by Crippen LogP contribution is 2.33. The number of amides is 4. The number of nitrogens with one attached hydrogen (secondary N) is 4. The first kappa shape index (κ1) is 32.1. The van der Waals surface area contributed by atoms with E-state index in [2.05, 4.69) is 21.3 Å². The van der Waals surface area contributed by atoms with E-state index in [0.29, 0.717) is 77.2 Å². The normalized spacial score (nSPS) is 20.0. The summed E-state index contributed by atoms with van der Waals surface area (Å²) in [6.45, 7) is 4.06. The van der Waals surface area contributed by atoms with E-state index in [4.69, 9.17) is 19.3 Å². The average molecular weight is 561 g/mol. The van der Waals surface area contributed by atoms with Gasteiger partial charge in [-0.3, -0.25) is 14.4 Å². The fourth-order valence-electron chi connectivity index (χ4n) is 4.20. The van der Waals surface area contributed by atoms with Gasteiger partial charge in [-0.1, -0.05) is 6.42 Å². The SMILES string of the molecule is O=C(O)CCCC(=O)NCCCOCCOCCOCCCNC(=O)CCCC[C@H]1SC[C@H]2NC(=O)N[C@H]21. The second kappa shape index (κ2) is 19.9. The van der Waals surface area contributed by atoms with Gasteiger partial charge in [-0.05, 0) is 32.1 Å². The second-order valence-corrected chi connectivity index (χ2v) is 10.6. The van der Waals surface area contributed by atoms with Crippen LogP contribution in [-0.4, -0.2) is 105 Å². The van der Waals surface area contributed by atoms with Gasteiger partial charge in [-0.25, -0.2) is 4.79 Å². The third-order valence-corrected chi connectivity index (χ3v) is 7.70. The topological polar surface area (TPSA) is 164 Å². The van der Waals surface area contributed by atoms with E-state index < -0.39 is 5.97 Å². The first-order valence-electron chi connectivity index (χ1n) is 13.6. The van der Waals surface area contributed by atoms with Crippen LogP contribution in [0.5, 0.6) is 0 Å². The average Bonchev–Trinajstić information content (AvgIpc) is 3.43. The summed E-state index contributed by atoms with van der Waals surface area (Å²) >= 11 is 1.90. The number of fused-ring (bicyclic) bond motifs is 1. The van der Waals surface area contributed by atoms with Crippen molar-refractivity contribution in [1.82, 2.24) is 21.3 Å². The Labute approximate surface area is 229 Å². The highest BCUT2D eigenvalue weighted by Gasteiger charge is 2.42. The van der Waals surface area contributed by atoms with Crippen LogP contribution in [0.25, 0.3) is 0 Å². The zero-order valence-electron chi connectivity index (χ0n) is 22.2. The summed E-state index contributed by atoms with van der Waals surface area (Å²) in [5.74, 6) is -0.00156. The number of carbonyl (C=O) groups is 4. The molecule has 0 aliphatic carbocycles. The zero-order chi connectivity index (χ0) is 27.4. The predicted molar refractivity (Wildman–Crippen MR) is 143 cm³/mol. The maximum Gasteiger partial charge on any atom is 0.315 e. The van der Waals surface area contributed by atoms with Crippen LogP contribution in [-0.2, 0) is 28.6 Å². The van der Waals surface area contributed by atoms with Gasteiger partial charge < -0.3 is 40.6 Å². The smallest absolute Gasteiger partial charge is 0.315 e. The zero-order valence-corrected chi connectivity index (χ0v) is 23.0. The van der Waals surface area contributed by atoms with Crippen LogP contribution in [0.1, 0.15) is 57.8 Å². The summed E-state index contributed by atoms with van der Waals surface area (Å²) in [5.41, 5.74) is 0. The van der Waals surface area contributed by atoms with E-state index in [1.807, 2.05) is 11.8 Å². The highest BCUT2D eigenvalue weighted by atomic mass is 32.2. The monoisotopic (exact) mass is 560 g/mol. The fraction of sp³-hybridized carbons (Fsp3) is 0.840. The second-order valence-electron chi connectivity index (χ2n) is 9.36. The molecule has 0 unspecified atom stereocenters. The van der Waals surface area contributed by atoms with Crippen molar-refractivity contribution >= 4 is 35.6 Å². The molecule has 2 saturated heterocycles. The molecule has 0 aromatic heterocycles. The summed E-state index contributed by atoms with van der Waals surface area (Å²) in [4.78, 5) is 45.3. The molecule has 2 heterocycles. The number of carboxylic acids is 1. The summed E-state index contributed by atoms with van der Waals surface area (Å²) in [5, 5.41) is 20.6. The van der Waals surface area contributed by atoms with Crippen molar-refractivity contribution in [2.45, 2.75) is 75.1 Å². The van der Waals surface area contributed by atoms with Crippen LogP contribution < -0.4 is 21.3 Å². The van der Waals surface area contributed by atoms with Crippen molar-refractivity contribution in [2.24, 2.45) is 0 Å². The quantitative estimate of drug-likeness (QED) is 0.0907. The fourth-order valence-corrected chi connectivity index (χ4v) is 5.74. The third-order valence-electron chi connectivity index (χ3n) is 6.19. The molecule has 2 fully saturated rings. The summed E-state index contributed by atoms with van der Waals surface area (Å²) in [7, 11) is 0. The number of ether oxygens (including phenoxy) is 3. The van der Waals surface area contributed by atoms with Crippen molar-refractivity contribution in [3.05, 3.63) is 0 Å². The first-order chi connectivity index (χ1) is 18.5. The van der Waals surface area contributed by atoms with Crippen molar-refractivity contribution in [3.63, 3.8) is 0 Å². The predicted octanol–water partition coefficient (Wildman–Crippen LogP) is 1.03. The van der Waals surface area contributed by atoms with E-state index in [-0.39, 0.29) is 42.8 Å². The number of hydrogen-bond acceptors (Lipinski definition) is 8. The summed E-state index contributed by atoms with van der Waals surface area (Å²) in [6.07, 6.45) is 5.38. The van der Waals surface area contributed by atoms with Crippen LogP contribution in [0.2, 0.25) is 0 Å². The standard InChI is InChI=1S/C25H44N4O8S/c30-21(7-2-1-6-20-24-19(18-38-20)28-25(34)29-24)26-10-4-12-35-14-16-37-17-15-36-13-5-11-27-22(31)8-3-9-23(32)33/h19-20,24H,1-18H2,(H,26,30)(H,27,31)(H,32,33)(H2,28,29,34)/t19-,20-,24-/m1/s1. The van der Waals surface area contributed by atoms with Gasteiger partial charge in [0.05, 0.1) is 38.5 Å². The maximum atomic E-state index is 12.0. The Morgan fingerprint density at radius 3 is 1.97 bits per heavy atom. The molecule has 0 radical (unpaired) electrons. The molecule has 5 N–H and O–H groups in total. The molecule has 0 aromatic carbocycles. The van der Waals surface area contributed by atoms with E-state index in [1.165, 1.54) is 0 Å². The number of aliphatic carboxylic acids is 1. The van der Waals surface area contributed by atoms with E-state index in [1.54, 1.807) is 0 Å². The molecule has 38 heavy (non-hydrogen) atoms. The van der Waals surface area contributed by atoms with Crippen LogP contribution in [0.3, 0.4) is 0 Å². The number of unbranched alkanes of at least 4 members (excludes halogenated alkanes) is 1. The molecular weight excluding hydrogens is 516 g/mol. The van der Waals surface area contributed by atoms with Gasteiger partial charge in [0.1, 0.15) is 0 Å². The minimum atomic E-state index is -0.892. The van der Waals surface area contributed by atoms with Crippen molar-refractivity contribution < 1.29 is 38.5 Å². The Morgan fingerprint density at radius 1 is 0.789 bits per heavy atom. The molecule has 2 aliphatic heterocycles. The lowest BCUT2D eigenvalue weighted by molar-refractivity contribution is -0.137. The first-order valence-corrected chi connectivity index (χ1v) is 14.7. The van der Waals surface area contributed by atoms with Crippen molar-refractivity contribution in [1.29, 1.82) is 0 Å². The van der Waals surface area contributed by atoms with Gasteiger partial charge in [0.2, 0.25) is 11.8 Å². The van der Waals surface area contributed by atoms with Crippen molar-refractivity contribution in [3.8, 4) is 0 Å². The molecule has 0 bridgehead atoms. The van der Waals surface area contributed by atoms with Gasteiger partial charge in [0.15, 0.2) is 0 Å². The van der Waals surface area contributed by atoms with Gasteiger partial charge in [0, 0.05) is 56.6 Å². The van der Waals surface area contributed by atoms with Crippen LogP contribution in [0.15, 0.2) is 0 Å². The minimum Gasteiger partial charge on any atom is -0.481 e. The highest BCUT2D eigenvalue weighted by molar-refractivity contribution is 8.00. The van der Waals surface area contributed by atoms with Gasteiger partial charge in [0.25, 0.3) is 0 Å². The molecule has 0 spiro atoms. The van der Waals surface area contributed by atoms with Gasteiger partial charge >= 0.3 is 12.0 Å². The largest absolute Gasteiger partial charge is 0.481 e. The van der Waals surface area contributed by atoms with E-state index >= 15 is 0 Å². The summed E-state index contributed by atoms with van der Waals surface area (Å²) in [6, 6.07) is 0.411. The van der Waals surface area contributed by atoms with Crippen LogP contribution in [0.4, 0.5) is 4.79 Å².